The van der Waals surface area contributed by atoms with Crippen molar-refractivity contribution in [1.82, 2.24) is 14.5 Å². The minimum atomic E-state index is -0.545. The maximum atomic E-state index is 13.2. The second-order valence-electron chi connectivity index (χ2n) is 7.90. The molecule has 0 aliphatic carbocycles. The summed E-state index contributed by atoms with van der Waals surface area (Å²) in [5.74, 6) is -0.806. The van der Waals surface area contributed by atoms with Crippen molar-refractivity contribution in [3.05, 3.63) is 74.6 Å². The van der Waals surface area contributed by atoms with E-state index in [0.717, 1.165) is 4.57 Å². The Labute approximate surface area is 192 Å². The minimum Gasteiger partial charge on any atom is -0.449 e. The van der Waals surface area contributed by atoms with Gasteiger partial charge >= 0.3 is 5.69 Å². The summed E-state index contributed by atoms with van der Waals surface area (Å²) in [5, 5.41) is 3.69. The molecule has 0 saturated carbocycles. The number of rotatable bonds is 4. The maximum Gasteiger partial charge on any atom is 0.328 e. The topological polar surface area (TPSA) is 127 Å². The molecule has 1 saturated heterocycles. The van der Waals surface area contributed by atoms with E-state index in [-0.39, 0.29) is 35.0 Å². The number of anilines is 1. The first-order valence-corrected chi connectivity index (χ1v) is 10.9. The van der Waals surface area contributed by atoms with Crippen LogP contribution in [0, 0.1) is 0 Å². The number of carbonyl (C=O) groups excluding carboxylic acids is 2. The van der Waals surface area contributed by atoms with Gasteiger partial charge < -0.3 is 24.4 Å². The molecule has 4 aromatic rings. The molecule has 1 fully saturated rings. The number of aromatic amines is 1. The van der Waals surface area contributed by atoms with E-state index < -0.39 is 17.2 Å². The Balaban J connectivity index is 1.53. The number of para-hydroxylation sites is 1. The van der Waals surface area contributed by atoms with Crippen LogP contribution in [0.2, 0.25) is 0 Å². The van der Waals surface area contributed by atoms with Crippen molar-refractivity contribution in [3.63, 3.8) is 0 Å². The molecule has 0 bridgehead atoms. The SMILES string of the molecule is CCn1c(=O)[nH]c2cc(C(=O)Nc3c(C(=O)N4CCOCC4)oc4ccccc34)ccc2c1=O. The molecule has 2 amide bonds. The zero-order chi connectivity index (χ0) is 23.8. The van der Waals surface area contributed by atoms with E-state index in [2.05, 4.69) is 10.3 Å². The standard InChI is InChI=1S/C24H22N4O6/c1-2-28-22(30)15-8-7-14(13-17(15)25-24(28)32)21(29)26-19-16-5-3-4-6-18(16)34-20(19)23(31)27-9-11-33-12-10-27/h3-8,13H,2,9-12H2,1H3,(H,25,32)(H,26,29). The molecule has 174 valence electrons. The molecule has 34 heavy (non-hydrogen) atoms. The van der Waals surface area contributed by atoms with Gasteiger partial charge in [0.05, 0.1) is 24.1 Å². The van der Waals surface area contributed by atoms with Gasteiger partial charge in [0.1, 0.15) is 11.3 Å². The Morgan fingerprint density at radius 1 is 1.06 bits per heavy atom. The van der Waals surface area contributed by atoms with Gasteiger partial charge in [-0.1, -0.05) is 12.1 Å². The van der Waals surface area contributed by atoms with E-state index in [9.17, 15) is 19.2 Å². The van der Waals surface area contributed by atoms with Gasteiger partial charge in [-0.25, -0.2) is 4.79 Å². The van der Waals surface area contributed by atoms with E-state index in [4.69, 9.17) is 9.15 Å². The van der Waals surface area contributed by atoms with Gasteiger partial charge in [0.15, 0.2) is 0 Å². The number of amides is 2. The summed E-state index contributed by atoms with van der Waals surface area (Å²) in [4.78, 5) is 55.3. The van der Waals surface area contributed by atoms with Crippen molar-refractivity contribution in [2.75, 3.05) is 31.6 Å². The average Bonchev–Trinajstić information content (AvgIpc) is 3.22. The molecule has 5 rings (SSSR count). The van der Waals surface area contributed by atoms with Gasteiger partial charge in [0, 0.05) is 30.6 Å². The van der Waals surface area contributed by atoms with Crippen LogP contribution in [0.25, 0.3) is 21.9 Å². The largest absolute Gasteiger partial charge is 0.449 e. The first kappa shape index (κ1) is 21.7. The Morgan fingerprint density at radius 3 is 2.59 bits per heavy atom. The maximum absolute atomic E-state index is 13.2. The van der Waals surface area contributed by atoms with Crippen LogP contribution in [0.1, 0.15) is 27.8 Å². The number of furan rings is 1. The summed E-state index contributed by atoms with van der Waals surface area (Å²) in [7, 11) is 0. The molecule has 3 heterocycles. The number of carbonyl (C=O) groups is 2. The molecule has 1 aliphatic rings. The zero-order valence-corrected chi connectivity index (χ0v) is 18.4. The molecule has 10 nitrogen and oxygen atoms in total. The van der Waals surface area contributed by atoms with Crippen LogP contribution in [0.15, 0.2) is 56.5 Å². The summed E-state index contributed by atoms with van der Waals surface area (Å²) in [6.45, 7) is 3.66. The Morgan fingerprint density at radius 2 is 1.82 bits per heavy atom. The summed E-state index contributed by atoms with van der Waals surface area (Å²) in [6, 6.07) is 11.5. The molecular weight excluding hydrogens is 440 g/mol. The van der Waals surface area contributed by atoms with Gasteiger partial charge in [-0.3, -0.25) is 19.0 Å². The zero-order valence-electron chi connectivity index (χ0n) is 18.4. The summed E-state index contributed by atoms with van der Waals surface area (Å²) in [5.41, 5.74) is 0.245. The minimum absolute atomic E-state index is 0.0384. The highest BCUT2D eigenvalue weighted by Crippen LogP contribution is 2.32. The predicted octanol–water partition coefficient (Wildman–Crippen LogP) is 2.18. The third kappa shape index (κ3) is 3.67. The van der Waals surface area contributed by atoms with Crippen LogP contribution in [0.5, 0.6) is 0 Å². The summed E-state index contributed by atoms with van der Waals surface area (Å²) in [6.07, 6.45) is 0. The lowest BCUT2D eigenvalue weighted by atomic mass is 10.1. The van der Waals surface area contributed by atoms with Crippen LogP contribution in [-0.4, -0.2) is 52.6 Å². The second kappa shape index (κ2) is 8.64. The lowest BCUT2D eigenvalue weighted by molar-refractivity contribution is 0.0285. The fourth-order valence-electron chi connectivity index (χ4n) is 4.10. The highest BCUT2D eigenvalue weighted by Gasteiger charge is 2.28. The van der Waals surface area contributed by atoms with E-state index in [0.29, 0.717) is 42.7 Å². The van der Waals surface area contributed by atoms with Crippen LogP contribution >= 0.6 is 0 Å². The Kier molecular flexibility index (Phi) is 5.50. The molecule has 0 atom stereocenters. The number of ether oxygens (including phenoxy) is 1. The van der Waals surface area contributed by atoms with Crippen LogP contribution in [0.3, 0.4) is 0 Å². The average molecular weight is 462 g/mol. The van der Waals surface area contributed by atoms with Crippen LogP contribution in [-0.2, 0) is 11.3 Å². The van der Waals surface area contributed by atoms with Crippen molar-refractivity contribution in [2.45, 2.75) is 13.5 Å². The van der Waals surface area contributed by atoms with Crippen molar-refractivity contribution < 1.29 is 18.7 Å². The highest BCUT2D eigenvalue weighted by molar-refractivity contribution is 6.15. The normalized spacial score (nSPS) is 14.0. The molecule has 1 aliphatic heterocycles. The highest BCUT2D eigenvalue weighted by atomic mass is 16.5. The van der Waals surface area contributed by atoms with Crippen LogP contribution in [0.4, 0.5) is 5.69 Å². The molecular formula is C24H22N4O6. The van der Waals surface area contributed by atoms with Gasteiger partial charge in [-0.2, -0.15) is 0 Å². The predicted molar refractivity (Wildman–Crippen MR) is 125 cm³/mol. The molecule has 0 spiro atoms. The molecule has 2 aromatic heterocycles. The lowest BCUT2D eigenvalue weighted by Gasteiger charge is -2.26. The third-order valence-corrected chi connectivity index (χ3v) is 5.89. The smallest absolute Gasteiger partial charge is 0.328 e. The number of hydrogen-bond donors (Lipinski definition) is 2. The van der Waals surface area contributed by atoms with Crippen LogP contribution < -0.4 is 16.6 Å². The number of aromatic nitrogens is 2. The number of nitrogens with zero attached hydrogens (tertiary/aromatic N) is 2. The molecule has 0 unspecified atom stereocenters. The fraction of sp³-hybridized carbons (Fsp3) is 0.250. The first-order chi connectivity index (χ1) is 16.5. The van der Waals surface area contributed by atoms with Crippen molar-refractivity contribution in [1.29, 1.82) is 0 Å². The van der Waals surface area contributed by atoms with Gasteiger partial charge in [-0.05, 0) is 37.3 Å². The number of H-pyrrole nitrogens is 1. The lowest BCUT2D eigenvalue weighted by Crippen LogP contribution is -2.40. The van der Waals surface area contributed by atoms with E-state index >= 15 is 0 Å². The number of morpholine rings is 1. The second-order valence-corrected chi connectivity index (χ2v) is 7.90. The molecule has 10 heteroatoms. The van der Waals surface area contributed by atoms with Crippen molar-refractivity contribution in [3.8, 4) is 0 Å². The quantitative estimate of drug-likeness (QED) is 0.479. The Bertz CT molecular complexity index is 1540. The number of hydrogen-bond acceptors (Lipinski definition) is 6. The van der Waals surface area contributed by atoms with E-state index in [1.165, 1.54) is 18.2 Å². The van der Waals surface area contributed by atoms with E-state index in [1.807, 2.05) is 0 Å². The van der Waals surface area contributed by atoms with Gasteiger partial charge in [-0.15, -0.1) is 0 Å². The monoisotopic (exact) mass is 462 g/mol. The summed E-state index contributed by atoms with van der Waals surface area (Å²) >= 11 is 0. The van der Waals surface area contributed by atoms with Crippen molar-refractivity contribution >= 4 is 39.4 Å². The van der Waals surface area contributed by atoms with Gasteiger partial charge in [0.2, 0.25) is 5.76 Å². The van der Waals surface area contributed by atoms with Gasteiger partial charge in [0.25, 0.3) is 17.4 Å². The van der Waals surface area contributed by atoms with Crippen molar-refractivity contribution in [2.24, 2.45) is 0 Å². The van der Waals surface area contributed by atoms with E-state index in [1.54, 1.807) is 36.1 Å². The number of nitrogens with one attached hydrogen (secondary N) is 2. The third-order valence-electron chi connectivity index (χ3n) is 5.89. The molecule has 2 N–H and O–H groups in total. The fourth-order valence-corrected chi connectivity index (χ4v) is 4.10. The number of fused-ring (bicyclic) bond motifs is 2. The summed E-state index contributed by atoms with van der Waals surface area (Å²) < 4.78 is 12.2. The Hall–Kier alpha value is -4.18. The molecule has 2 aromatic carbocycles. The number of benzene rings is 2. The first-order valence-electron chi connectivity index (χ1n) is 10.9. The molecule has 0 radical (unpaired) electrons.